The number of rotatable bonds is 5. The molecule has 1 aromatic rings. The Morgan fingerprint density at radius 1 is 1.30 bits per heavy atom. The number of anilines is 1. The number of nitrogens with one attached hydrogen (secondary N) is 2. The molecule has 5 nitrogen and oxygen atoms in total. The molecule has 1 aromatic carbocycles. The van der Waals surface area contributed by atoms with Crippen molar-refractivity contribution in [3.05, 3.63) is 29.8 Å². The van der Waals surface area contributed by atoms with Crippen molar-refractivity contribution in [2.24, 2.45) is 17.3 Å². The first-order valence-corrected chi connectivity index (χ1v) is 6.65. The van der Waals surface area contributed by atoms with E-state index in [9.17, 15) is 9.59 Å². The fraction of sp³-hybridized carbons (Fsp3) is 0.467. The topological polar surface area (TPSA) is 78.4 Å². The number of benzene rings is 1. The molecular weight excluding hydrogens is 256 g/mol. The maximum absolute atomic E-state index is 12.2. The zero-order chi connectivity index (χ0) is 14.9. The number of carbonyl (C=O) groups is 2. The number of amides is 1. The molecule has 20 heavy (non-hydrogen) atoms. The lowest BCUT2D eigenvalue weighted by atomic mass is 10.1. The largest absolute Gasteiger partial charge is 0.481 e. The van der Waals surface area contributed by atoms with Crippen LogP contribution in [-0.2, 0) is 16.1 Å². The van der Waals surface area contributed by atoms with E-state index >= 15 is 0 Å². The maximum atomic E-state index is 12.2. The highest BCUT2D eigenvalue weighted by Crippen LogP contribution is 2.58. The van der Waals surface area contributed by atoms with Gasteiger partial charge in [-0.25, -0.2) is 0 Å². The lowest BCUT2D eigenvalue weighted by Gasteiger charge is -2.08. The van der Waals surface area contributed by atoms with Crippen LogP contribution < -0.4 is 10.6 Å². The van der Waals surface area contributed by atoms with E-state index in [1.54, 1.807) is 0 Å². The molecule has 0 saturated heterocycles. The van der Waals surface area contributed by atoms with Crippen molar-refractivity contribution >= 4 is 17.6 Å². The Balaban J connectivity index is 2.06. The van der Waals surface area contributed by atoms with E-state index in [1.165, 1.54) is 0 Å². The summed E-state index contributed by atoms with van der Waals surface area (Å²) in [4.78, 5) is 23.3. The van der Waals surface area contributed by atoms with Gasteiger partial charge >= 0.3 is 5.97 Å². The van der Waals surface area contributed by atoms with Gasteiger partial charge in [-0.15, -0.1) is 0 Å². The second-order valence-corrected chi connectivity index (χ2v) is 5.83. The van der Waals surface area contributed by atoms with E-state index in [2.05, 4.69) is 10.6 Å². The maximum Gasteiger partial charge on any atom is 0.307 e. The lowest BCUT2D eigenvalue weighted by Crippen LogP contribution is -2.18. The van der Waals surface area contributed by atoms with Crippen LogP contribution in [0.25, 0.3) is 0 Å². The first-order chi connectivity index (χ1) is 9.37. The summed E-state index contributed by atoms with van der Waals surface area (Å²) in [5.41, 5.74) is 1.29. The number of hydrogen-bond donors (Lipinski definition) is 3. The smallest absolute Gasteiger partial charge is 0.307 e. The van der Waals surface area contributed by atoms with Gasteiger partial charge in [0.1, 0.15) is 0 Å². The molecule has 0 aliphatic heterocycles. The van der Waals surface area contributed by atoms with Crippen molar-refractivity contribution in [2.75, 3.05) is 12.4 Å². The summed E-state index contributed by atoms with van der Waals surface area (Å²) in [5, 5.41) is 15.0. The van der Waals surface area contributed by atoms with Gasteiger partial charge in [0.25, 0.3) is 0 Å². The third-order valence-electron chi connectivity index (χ3n) is 3.95. The summed E-state index contributed by atoms with van der Waals surface area (Å²) in [6.45, 7) is 4.34. The van der Waals surface area contributed by atoms with Crippen LogP contribution in [-0.4, -0.2) is 24.0 Å². The summed E-state index contributed by atoms with van der Waals surface area (Å²) in [6.07, 6.45) is 0. The number of carboxylic acids is 1. The van der Waals surface area contributed by atoms with Crippen LogP contribution in [0, 0.1) is 17.3 Å². The first kappa shape index (κ1) is 14.5. The van der Waals surface area contributed by atoms with E-state index in [0.717, 1.165) is 12.1 Å². The minimum Gasteiger partial charge on any atom is -0.481 e. The normalized spacial score (nSPS) is 23.1. The number of hydrogen-bond acceptors (Lipinski definition) is 3. The van der Waals surface area contributed by atoms with Gasteiger partial charge in [-0.1, -0.05) is 26.0 Å². The Labute approximate surface area is 118 Å². The molecule has 3 N–H and O–H groups in total. The molecule has 1 aliphatic carbocycles. The highest BCUT2D eigenvalue weighted by atomic mass is 16.4. The fourth-order valence-electron chi connectivity index (χ4n) is 2.77. The molecule has 0 spiro atoms. The Kier molecular flexibility index (Phi) is 3.81. The summed E-state index contributed by atoms with van der Waals surface area (Å²) in [7, 11) is 1.86. The zero-order valence-electron chi connectivity index (χ0n) is 11.9. The Morgan fingerprint density at radius 2 is 2.00 bits per heavy atom. The van der Waals surface area contributed by atoms with E-state index < -0.39 is 23.2 Å². The van der Waals surface area contributed by atoms with Gasteiger partial charge in [-0.3, -0.25) is 9.59 Å². The average molecular weight is 276 g/mol. The van der Waals surface area contributed by atoms with Crippen LogP contribution in [0.4, 0.5) is 5.69 Å². The van der Waals surface area contributed by atoms with Gasteiger partial charge in [0.2, 0.25) is 5.91 Å². The van der Waals surface area contributed by atoms with Crippen molar-refractivity contribution in [1.82, 2.24) is 5.32 Å². The molecule has 0 radical (unpaired) electrons. The van der Waals surface area contributed by atoms with Crippen LogP contribution in [0.1, 0.15) is 19.4 Å². The average Bonchev–Trinajstić information content (AvgIpc) is 2.93. The van der Waals surface area contributed by atoms with E-state index in [-0.39, 0.29) is 5.91 Å². The van der Waals surface area contributed by atoms with Crippen molar-refractivity contribution < 1.29 is 14.7 Å². The van der Waals surface area contributed by atoms with Gasteiger partial charge in [0.05, 0.1) is 11.8 Å². The second kappa shape index (κ2) is 5.25. The molecule has 2 rings (SSSR count). The molecule has 1 amide bonds. The molecular formula is C15H20N2O3. The minimum absolute atomic E-state index is 0.219. The van der Waals surface area contributed by atoms with Crippen LogP contribution in [0.5, 0.6) is 0 Å². The molecule has 1 saturated carbocycles. The van der Waals surface area contributed by atoms with Crippen molar-refractivity contribution in [2.45, 2.75) is 20.4 Å². The second-order valence-electron chi connectivity index (χ2n) is 5.83. The summed E-state index contributed by atoms with van der Waals surface area (Å²) >= 11 is 0. The molecule has 0 bridgehead atoms. The quantitative estimate of drug-likeness (QED) is 0.765. The van der Waals surface area contributed by atoms with Gasteiger partial charge in [0.15, 0.2) is 0 Å². The van der Waals surface area contributed by atoms with Gasteiger partial charge in [-0.2, -0.15) is 0 Å². The minimum atomic E-state index is -0.904. The summed E-state index contributed by atoms with van der Waals surface area (Å²) in [6, 6.07) is 7.53. The third-order valence-corrected chi connectivity index (χ3v) is 3.95. The molecule has 0 unspecified atom stereocenters. The van der Waals surface area contributed by atoms with Gasteiger partial charge < -0.3 is 15.7 Å². The third kappa shape index (κ3) is 2.67. The number of carboxylic acid groups (broad SMARTS) is 1. The SMILES string of the molecule is CNCc1cccc(NC(=O)[C@H]2[C@@H](C(=O)O)C2(C)C)c1. The highest BCUT2D eigenvalue weighted by Gasteiger charge is 2.65. The molecule has 108 valence electrons. The molecule has 0 aromatic heterocycles. The Morgan fingerprint density at radius 3 is 2.55 bits per heavy atom. The van der Waals surface area contributed by atoms with Crippen molar-refractivity contribution in [3.63, 3.8) is 0 Å². The van der Waals surface area contributed by atoms with Crippen LogP contribution >= 0.6 is 0 Å². The molecule has 5 heteroatoms. The fourth-order valence-corrected chi connectivity index (χ4v) is 2.77. The standard InChI is InChI=1S/C15H20N2O3/c1-15(2)11(12(15)14(19)20)13(18)17-10-6-4-5-9(7-10)8-16-3/h4-7,11-12,16H,8H2,1-3H3,(H,17,18)(H,19,20)/t11-,12+/m1/s1. The van der Waals surface area contributed by atoms with Crippen LogP contribution in [0.15, 0.2) is 24.3 Å². The van der Waals surface area contributed by atoms with Gasteiger partial charge in [0, 0.05) is 12.2 Å². The van der Waals surface area contributed by atoms with Crippen molar-refractivity contribution in [3.8, 4) is 0 Å². The predicted octanol–water partition coefficient (Wildman–Crippen LogP) is 1.70. The zero-order valence-corrected chi connectivity index (χ0v) is 11.9. The molecule has 1 fully saturated rings. The van der Waals surface area contributed by atoms with E-state index in [1.807, 2.05) is 45.2 Å². The molecule has 1 aliphatic rings. The number of carbonyl (C=O) groups excluding carboxylic acids is 1. The van der Waals surface area contributed by atoms with E-state index in [4.69, 9.17) is 5.11 Å². The lowest BCUT2D eigenvalue weighted by molar-refractivity contribution is -0.140. The monoisotopic (exact) mass is 276 g/mol. The Hall–Kier alpha value is -1.88. The Bertz CT molecular complexity index is 540. The number of aliphatic carboxylic acids is 1. The van der Waals surface area contributed by atoms with Gasteiger partial charge in [-0.05, 0) is 30.2 Å². The first-order valence-electron chi connectivity index (χ1n) is 6.65. The molecule has 0 heterocycles. The van der Waals surface area contributed by atoms with E-state index in [0.29, 0.717) is 5.69 Å². The van der Waals surface area contributed by atoms with Crippen LogP contribution in [0.3, 0.4) is 0 Å². The summed E-state index contributed by atoms with van der Waals surface area (Å²) < 4.78 is 0. The highest BCUT2D eigenvalue weighted by molar-refractivity contribution is 5.99. The molecule has 2 atom stereocenters. The van der Waals surface area contributed by atoms with Crippen LogP contribution in [0.2, 0.25) is 0 Å². The van der Waals surface area contributed by atoms with Crippen molar-refractivity contribution in [1.29, 1.82) is 0 Å². The predicted molar refractivity (Wildman–Crippen MR) is 76.2 cm³/mol. The summed E-state index contributed by atoms with van der Waals surface area (Å²) in [5.74, 6) is -2.18.